The van der Waals surface area contributed by atoms with Crippen molar-refractivity contribution >= 4 is 33.6 Å². The molecule has 0 unspecified atom stereocenters. The number of hydrogen-bond acceptors (Lipinski definition) is 3. The maximum Gasteiger partial charge on any atom is 0.153 e. The topological polar surface area (TPSA) is 26.3 Å². The van der Waals surface area contributed by atoms with Crippen molar-refractivity contribution in [2.75, 3.05) is 7.11 Å². The lowest BCUT2D eigenvalue weighted by Crippen LogP contribution is -1.90. The molecule has 16 heavy (non-hydrogen) atoms. The van der Waals surface area contributed by atoms with Gasteiger partial charge in [-0.15, -0.1) is 0 Å². The molecule has 0 aliphatic carbocycles. The molecule has 0 saturated heterocycles. The summed E-state index contributed by atoms with van der Waals surface area (Å²) >= 11 is 5.09. The van der Waals surface area contributed by atoms with Gasteiger partial charge in [-0.05, 0) is 39.0 Å². The van der Waals surface area contributed by atoms with Gasteiger partial charge in [-0.1, -0.05) is 6.07 Å². The fraction of sp³-hybridized carbons (Fsp3) is 0.0833. The van der Waals surface area contributed by atoms with Gasteiger partial charge in [0.05, 0.1) is 12.7 Å². The van der Waals surface area contributed by atoms with Crippen LogP contribution in [0, 0.1) is 0 Å². The molecule has 82 valence electrons. The molecular weight excluding hydrogens is 288 g/mol. The molecule has 2 nitrogen and oxygen atoms in total. The van der Waals surface area contributed by atoms with Gasteiger partial charge < -0.3 is 4.74 Å². The first kappa shape index (κ1) is 11.4. The molecule has 4 heteroatoms. The molecule has 0 saturated carbocycles. The zero-order chi connectivity index (χ0) is 11.5. The van der Waals surface area contributed by atoms with E-state index in [-0.39, 0.29) is 0 Å². The summed E-state index contributed by atoms with van der Waals surface area (Å²) in [4.78, 5) is 10.9. The number of benzene rings is 1. The first-order chi connectivity index (χ1) is 7.76. The summed E-state index contributed by atoms with van der Waals surface area (Å²) in [5.41, 5.74) is 2.67. The number of rotatable bonds is 3. The minimum Gasteiger partial charge on any atom is -0.496 e. The van der Waals surface area contributed by atoms with E-state index in [0.717, 1.165) is 21.9 Å². The third-order valence-corrected chi connectivity index (χ3v) is 3.99. The molecule has 0 bridgehead atoms. The van der Waals surface area contributed by atoms with Gasteiger partial charge in [-0.2, -0.15) is 11.3 Å². The first-order valence-electron chi connectivity index (χ1n) is 4.61. The highest BCUT2D eigenvalue weighted by molar-refractivity contribution is 9.10. The molecule has 0 aliphatic heterocycles. The number of carbonyl (C=O) groups is 1. The van der Waals surface area contributed by atoms with Gasteiger partial charge in [0, 0.05) is 15.4 Å². The Kier molecular flexibility index (Phi) is 3.41. The number of methoxy groups -OCH3 is 1. The van der Waals surface area contributed by atoms with E-state index < -0.39 is 0 Å². The molecule has 1 aromatic heterocycles. The fourth-order valence-corrected chi connectivity index (χ4v) is 3.01. The molecule has 0 spiro atoms. The number of aldehydes is 1. The van der Waals surface area contributed by atoms with Crippen molar-refractivity contribution < 1.29 is 9.53 Å². The van der Waals surface area contributed by atoms with Gasteiger partial charge in [0.25, 0.3) is 0 Å². The predicted molar refractivity (Wildman–Crippen MR) is 69.4 cm³/mol. The van der Waals surface area contributed by atoms with Crippen LogP contribution in [0.5, 0.6) is 5.75 Å². The van der Waals surface area contributed by atoms with E-state index in [1.54, 1.807) is 18.4 Å². The van der Waals surface area contributed by atoms with E-state index in [1.807, 2.05) is 29.0 Å². The number of carbonyl (C=O) groups excluding carboxylic acids is 1. The van der Waals surface area contributed by atoms with Crippen molar-refractivity contribution in [1.29, 1.82) is 0 Å². The van der Waals surface area contributed by atoms with Gasteiger partial charge >= 0.3 is 0 Å². The average molecular weight is 297 g/mol. The van der Waals surface area contributed by atoms with Crippen molar-refractivity contribution in [3.8, 4) is 16.9 Å². The molecule has 0 aliphatic rings. The molecule has 2 rings (SSSR count). The lowest BCUT2D eigenvalue weighted by Gasteiger charge is -2.06. The summed E-state index contributed by atoms with van der Waals surface area (Å²) in [5.74, 6) is 0.602. The van der Waals surface area contributed by atoms with Crippen LogP contribution in [0.2, 0.25) is 0 Å². The smallest absolute Gasteiger partial charge is 0.153 e. The van der Waals surface area contributed by atoms with Crippen LogP contribution in [0.15, 0.2) is 33.4 Å². The van der Waals surface area contributed by atoms with E-state index in [1.165, 1.54) is 0 Å². The lowest BCUT2D eigenvalue weighted by molar-refractivity contribution is 0.112. The molecule has 0 atom stereocenters. The van der Waals surface area contributed by atoms with Gasteiger partial charge in [-0.3, -0.25) is 4.79 Å². The van der Waals surface area contributed by atoms with E-state index in [0.29, 0.717) is 11.3 Å². The van der Waals surface area contributed by atoms with Gasteiger partial charge in [0.1, 0.15) is 5.75 Å². The monoisotopic (exact) mass is 296 g/mol. The van der Waals surface area contributed by atoms with E-state index in [4.69, 9.17) is 4.74 Å². The third kappa shape index (κ3) is 2.03. The van der Waals surface area contributed by atoms with Crippen LogP contribution < -0.4 is 4.74 Å². The normalized spacial score (nSPS) is 10.1. The SMILES string of the molecule is COc1ccc(-c2cscc2Br)cc1C=O. The summed E-state index contributed by atoms with van der Waals surface area (Å²) in [5, 5.41) is 4.06. The maximum atomic E-state index is 10.9. The Morgan fingerprint density at radius 1 is 1.38 bits per heavy atom. The van der Waals surface area contributed by atoms with Crippen LogP contribution in [0.3, 0.4) is 0 Å². The van der Waals surface area contributed by atoms with Crippen LogP contribution in [-0.4, -0.2) is 13.4 Å². The molecule has 0 radical (unpaired) electrons. The van der Waals surface area contributed by atoms with Gasteiger partial charge in [-0.25, -0.2) is 0 Å². The number of ether oxygens (including phenoxy) is 1. The Bertz CT molecular complexity index is 519. The minimum atomic E-state index is 0.568. The first-order valence-corrected chi connectivity index (χ1v) is 6.35. The van der Waals surface area contributed by atoms with Crippen LogP contribution >= 0.6 is 27.3 Å². The zero-order valence-corrected chi connectivity index (χ0v) is 11.0. The van der Waals surface area contributed by atoms with Gasteiger partial charge in [0.2, 0.25) is 0 Å². The quantitative estimate of drug-likeness (QED) is 0.800. The highest BCUT2D eigenvalue weighted by atomic mass is 79.9. The van der Waals surface area contributed by atoms with E-state index in [9.17, 15) is 4.79 Å². The summed E-state index contributed by atoms with van der Waals surface area (Å²) in [6.45, 7) is 0. The van der Waals surface area contributed by atoms with E-state index >= 15 is 0 Å². The number of thiophene rings is 1. The van der Waals surface area contributed by atoms with Crippen molar-refractivity contribution in [2.45, 2.75) is 0 Å². The van der Waals surface area contributed by atoms with E-state index in [2.05, 4.69) is 15.9 Å². The van der Waals surface area contributed by atoms with Crippen molar-refractivity contribution in [2.24, 2.45) is 0 Å². The maximum absolute atomic E-state index is 10.9. The lowest BCUT2D eigenvalue weighted by atomic mass is 10.1. The highest BCUT2D eigenvalue weighted by Crippen LogP contribution is 2.33. The highest BCUT2D eigenvalue weighted by Gasteiger charge is 2.08. The second kappa shape index (κ2) is 4.80. The molecule has 2 aromatic rings. The molecule has 0 amide bonds. The second-order valence-corrected chi connectivity index (χ2v) is 4.81. The summed E-state index contributed by atoms with van der Waals surface area (Å²) in [6, 6.07) is 5.58. The standard InChI is InChI=1S/C12H9BrO2S/c1-15-12-3-2-8(4-9(12)5-14)10-6-16-7-11(10)13/h2-7H,1H3. The summed E-state index contributed by atoms with van der Waals surface area (Å²) in [6.07, 6.45) is 0.808. The van der Waals surface area contributed by atoms with Crippen LogP contribution in [-0.2, 0) is 0 Å². The Morgan fingerprint density at radius 3 is 2.75 bits per heavy atom. The second-order valence-electron chi connectivity index (χ2n) is 3.21. The molecule has 0 fully saturated rings. The Labute approximate surface area is 106 Å². The fourth-order valence-electron chi connectivity index (χ4n) is 1.48. The van der Waals surface area contributed by atoms with Crippen LogP contribution in [0.25, 0.3) is 11.1 Å². The van der Waals surface area contributed by atoms with Crippen molar-refractivity contribution in [3.05, 3.63) is 39.0 Å². The predicted octanol–water partition coefficient (Wildman–Crippen LogP) is 4.00. The Balaban J connectivity index is 2.52. The summed E-state index contributed by atoms with van der Waals surface area (Å²) in [7, 11) is 1.56. The molecule has 0 N–H and O–H groups in total. The number of hydrogen-bond donors (Lipinski definition) is 0. The summed E-state index contributed by atoms with van der Waals surface area (Å²) < 4.78 is 6.14. The number of halogens is 1. The minimum absolute atomic E-state index is 0.568. The molecule has 1 heterocycles. The van der Waals surface area contributed by atoms with Crippen molar-refractivity contribution in [3.63, 3.8) is 0 Å². The van der Waals surface area contributed by atoms with Crippen LogP contribution in [0.1, 0.15) is 10.4 Å². The third-order valence-electron chi connectivity index (χ3n) is 2.28. The van der Waals surface area contributed by atoms with Gasteiger partial charge in [0.15, 0.2) is 6.29 Å². The molecule has 1 aromatic carbocycles. The van der Waals surface area contributed by atoms with Crippen LogP contribution in [0.4, 0.5) is 0 Å². The Hall–Kier alpha value is -1.13. The average Bonchev–Trinajstić information content (AvgIpc) is 2.74. The van der Waals surface area contributed by atoms with Crippen molar-refractivity contribution in [1.82, 2.24) is 0 Å². The Morgan fingerprint density at radius 2 is 2.19 bits per heavy atom. The largest absolute Gasteiger partial charge is 0.496 e. The zero-order valence-electron chi connectivity index (χ0n) is 8.57. The molecular formula is C12H9BrO2S.